The molecule has 0 bridgehead atoms. The van der Waals surface area contributed by atoms with Crippen LogP contribution in [-0.2, 0) is 19.6 Å². The Labute approximate surface area is 199 Å². The molecule has 8 nitrogen and oxygen atoms in total. The molecule has 2 aliphatic rings. The Balaban J connectivity index is 1.19. The summed E-state index contributed by atoms with van der Waals surface area (Å²) in [5.41, 5.74) is 1.64. The first-order valence-corrected chi connectivity index (χ1v) is 13.1. The fourth-order valence-electron chi connectivity index (χ4n) is 4.36. The number of hydrogen-bond donors (Lipinski definition) is 1. The SMILES string of the molecule is O=C(NCCCS(=O)(=O)N1CCN(c2ccccc2)CC1)C1CC(=O)N(c2ccc(F)cc2)C1. The molecule has 0 saturated carbocycles. The number of carbonyl (C=O) groups is 2. The van der Waals surface area contributed by atoms with Crippen LogP contribution < -0.4 is 15.1 Å². The number of halogens is 1. The third-order valence-electron chi connectivity index (χ3n) is 6.27. The minimum Gasteiger partial charge on any atom is -0.369 e. The Morgan fingerprint density at radius 2 is 1.65 bits per heavy atom. The standard InChI is InChI=1S/C24H29FN4O4S/c25-20-7-9-22(10-8-20)29-18-19(17-23(29)30)24(31)26-11-4-16-34(32,33)28-14-12-27(13-15-28)21-5-2-1-3-6-21/h1-3,5-10,19H,4,11-18H2,(H,26,31). The van der Waals surface area contributed by atoms with E-state index in [0.29, 0.717) is 38.3 Å². The smallest absolute Gasteiger partial charge is 0.227 e. The van der Waals surface area contributed by atoms with Gasteiger partial charge in [-0.05, 0) is 42.8 Å². The molecular formula is C24H29FN4O4S. The summed E-state index contributed by atoms with van der Waals surface area (Å²) in [6, 6.07) is 15.5. The normalized spacial score (nSPS) is 19.4. The maximum atomic E-state index is 13.1. The van der Waals surface area contributed by atoms with Gasteiger partial charge in [0.25, 0.3) is 0 Å². The highest BCUT2D eigenvalue weighted by Crippen LogP contribution is 2.25. The van der Waals surface area contributed by atoms with E-state index in [4.69, 9.17) is 0 Å². The van der Waals surface area contributed by atoms with E-state index < -0.39 is 21.8 Å². The molecular weight excluding hydrogens is 459 g/mol. The molecule has 0 spiro atoms. The van der Waals surface area contributed by atoms with Crippen LogP contribution in [0.25, 0.3) is 0 Å². The number of piperazine rings is 1. The van der Waals surface area contributed by atoms with Crippen molar-refractivity contribution in [1.82, 2.24) is 9.62 Å². The lowest BCUT2D eigenvalue weighted by molar-refractivity contribution is -0.126. The first-order valence-electron chi connectivity index (χ1n) is 11.4. The number of amides is 2. The van der Waals surface area contributed by atoms with E-state index in [2.05, 4.69) is 10.2 Å². The molecule has 4 rings (SSSR count). The average molecular weight is 489 g/mol. The van der Waals surface area contributed by atoms with Gasteiger partial charge < -0.3 is 15.1 Å². The van der Waals surface area contributed by atoms with E-state index in [9.17, 15) is 22.4 Å². The highest BCUT2D eigenvalue weighted by Gasteiger charge is 2.35. The quantitative estimate of drug-likeness (QED) is 0.573. The Kier molecular flexibility index (Phi) is 7.47. The zero-order valence-electron chi connectivity index (χ0n) is 18.9. The van der Waals surface area contributed by atoms with Gasteiger partial charge in [-0.2, -0.15) is 4.31 Å². The first-order chi connectivity index (χ1) is 16.3. The summed E-state index contributed by atoms with van der Waals surface area (Å²) in [5, 5.41) is 2.76. The zero-order chi connectivity index (χ0) is 24.1. The van der Waals surface area contributed by atoms with E-state index >= 15 is 0 Å². The Hall–Kier alpha value is -2.98. The number of benzene rings is 2. The fourth-order valence-corrected chi connectivity index (χ4v) is 5.84. The van der Waals surface area contributed by atoms with Crippen molar-refractivity contribution in [3.63, 3.8) is 0 Å². The number of hydrogen-bond acceptors (Lipinski definition) is 5. The van der Waals surface area contributed by atoms with Crippen LogP contribution in [0.4, 0.5) is 15.8 Å². The topological polar surface area (TPSA) is 90.0 Å². The van der Waals surface area contributed by atoms with Crippen LogP contribution in [0.5, 0.6) is 0 Å². The van der Waals surface area contributed by atoms with Gasteiger partial charge >= 0.3 is 0 Å². The van der Waals surface area contributed by atoms with Gasteiger partial charge in [0, 0.05) is 57.1 Å². The molecule has 2 aromatic carbocycles. The summed E-state index contributed by atoms with van der Waals surface area (Å²) in [7, 11) is -3.40. The van der Waals surface area contributed by atoms with Crippen LogP contribution in [0.2, 0.25) is 0 Å². The maximum absolute atomic E-state index is 13.1. The lowest BCUT2D eigenvalue weighted by atomic mass is 10.1. The predicted octanol–water partition coefficient (Wildman–Crippen LogP) is 1.84. The lowest BCUT2D eigenvalue weighted by Crippen LogP contribution is -2.49. The van der Waals surface area contributed by atoms with E-state index in [1.165, 1.54) is 33.5 Å². The van der Waals surface area contributed by atoms with E-state index in [1.54, 1.807) is 0 Å². The van der Waals surface area contributed by atoms with Crippen molar-refractivity contribution < 1.29 is 22.4 Å². The molecule has 1 N–H and O–H groups in total. The minimum atomic E-state index is -3.40. The van der Waals surface area contributed by atoms with Gasteiger partial charge in [-0.15, -0.1) is 0 Å². The highest BCUT2D eigenvalue weighted by atomic mass is 32.2. The van der Waals surface area contributed by atoms with E-state index in [-0.39, 0.29) is 37.1 Å². The van der Waals surface area contributed by atoms with Gasteiger partial charge in [-0.1, -0.05) is 18.2 Å². The summed E-state index contributed by atoms with van der Waals surface area (Å²) in [5.74, 6) is -1.40. The molecule has 0 aliphatic carbocycles. The van der Waals surface area contributed by atoms with Crippen LogP contribution in [0.15, 0.2) is 54.6 Å². The van der Waals surface area contributed by atoms with E-state index in [1.807, 2.05) is 30.3 Å². The van der Waals surface area contributed by atoms with Crippen LogP contribution in [0.3, 0.4) is 0 Å². The van der Waals surface area contributed by atoms with Crippen molar-refractivity contribution in [3.05, 3.63) is 60.4 Å². The average Bonchev–Trinajstić information content (AvgIpc) is 3.24. The molecule has 2 heterocycles. The van der Waals surface area contributed by atoms with Gasteiger partial charge in [-0.25, -0.2) is 12.8 Å². The zero-order valence-corrected chi connectivity index (χ0v) is 19.7. The highest BCUT2D eigenvalue weighted by molar-refractivity contribution is 7.89. The summed E-state index contributed by atoms with van der Waals surface area (Å²) in [4.78, 5) is 28.4. The maximum Gasteiger partial charge on any atom is 0.227 e. The molecule has 2 amide bonds. The van der Waals surface area contributed by atoms with Crippen LogP contribution in [0, 0.1) is 11.7 Å². The first kappa shape index (κ1) is 24.2. The van der Waals surface area contributed by atoms with Crippen molar-refractivity contribution in [3.8, 4) is 0 Å². The molecule has 0 radical (unpaired) electrons. The molecule has 34 heavy (non-hydrogen) atoms. The van der Waals surface area contributed by atoms with Crippen molar-refractivity contribution in [2.24, 2.45) is 5.92 Å². The van der Waals surface area contributed by atoms with Crippen molar-refractivity contribution >= 4 is 33.2 Å². The van der Waals surface area contributed by atoms with Gasteiger partial charge in [0.2, 0.25) is 21.8 Å². The largest absolute Gasteiger partial charge is 0.369 e. The van der Waals surface area contributed by atoms with Gasteiger partial charge in [0.15, 0.2) is 0 Å². The van der Waals surface area contributed by atoms with Crippen LogP contribution >= 0.6 is 0 Å². The summed E-state index contributed by atoms with van der Waals surface area (Å²) >= 11 is 0. The number of para-hydroxylation sites is 1. The van der Waals surface area contributed by atoms with Gasteiger partial charge in [0.1, 0.15) is 5.82 Å². The Morgan fingerprint density at radius 1 is 0.971 bits per heavy atom. The summed E-state index contributed by atoms with van der Waals surface area (Å²) in [6.07, 6.45) is 0.377. The Morgan fingerprint density at radius 3 is 2.32 bits per heavy atom. The summed E-state index contributed by atoms with van der Waals surface area (Å²) < 4.78 is 40.1. The molecule has 2 aromatic rings. The molecule has 0 aromatic heterocycles. The molecule has 2 saturated heterocycles. The Bertz CT molecular complexity index is 1100. The lowest BCUT2D eigenvalue weighted by Gasteiger charge is -2.35. The third-order valence-corrected chi connectivity index (χ3v) is 8.22. The second-order valence-corrected chi connectivity index (χ2v) is 10.7. The van der Waals surface area contributed by atoms with Crippen LogP contribution in [0.1, 0.15) is 12.8 Å². The second-order valence-electron chi connectivity index (χ2n) is 8.56. The van der Waals surface area contributed by atoms with Gasteiger partial charge in [-0.3, -0.25) is 9.59 Å². The number of nitrogens with one attached hydrogen (secondary N) is 1. The van der Waals surface area contributed by atoms with E-state index in [0.717, 1.165) is 5.69 Å². The van der Waals surface area contributed by atoms with Crippen molar-refractivity contribution in [1.29, 1.82) is 0 Å². The monoisotopic (exact) mass is 488 g/mol. The third kappa shape index (κ3) is 5.74. The van der Waals surface area contributed by atoms with Crippen molar-refractivity contribution in [2.45, 2.75) is 12.8 Å². The molecule has 182 valence electrons. The molecule has 2 aliphatic heterocycles. The molecule has 2 fully saturated rings. The van der Waals surface area contributed by atoms with Gasteiger partial charge in [0.05, 0.1) is 11.7 Å². The molecule has 1 unspecified atom stereocenters. The number of nitrogens with zero attached hydrogens (tertiary/aromatic N) is 3. The minimum absolute atomic E-state index is 0.0378. The fraction of sp³-hybridized carbons (Fsp3) is 0.417. The number of carbonyl (C=O) groups excluding carboxylic acids is 2. The number of anilines is 2. The summed E-state index contributed by atoms with van der Waals surface area (Å²) in [6.45, 7) is 2.60. The second kappa shape index (κ2) is 10.5. The van der Waals surface area contributed by atoms with Crippen molar-refractivity contribution in [2.75, 3.05) is 54.8 Å². The molecule has 1 atom stereocenters. The van der Waals surface area contributed by atoms with Crippen LogP contribution in [-0.4, -0.2) is 69.6 Å². The number of sulfonamides is 1. The predicted molar refractivity (Wildman–Crippen MR) is 129 cm³/mol. The molecule has 10 heteroatoms. The number of rotatable bonds is 8.